The van der Waals surface area contributed by atoms with Crippen LogP contribution >= 0.6 is 22.6 Å². The van der Waals surface area contributed by atoms with Gasteiger partial charge in [-0.1, -0.05) is 72.8 Å². The van der Waals surface area contributed by atoms with Crippen LogP contribution in [0.15, 0.2) is 116 Å². The van der Waals surface area contributed by atoms with Crippen molar-refractivity contribution in [3.8, 4) is 33.5 Å². The molecule has 0 aliphatic carbocycles. The van der Waals surface area contributed by atoms with Gasteiger partial charge in [0.25, 0.3) is 0 Å². The molecular formula is C30H19IN2. The Kier molecular flexibility index (Phi) is 5.11. The fraction of sp³-hybridized carbons (Fsp3) is 0. The van der Waals surface area contributed by atoms with Crippen molar-refractivity contribution < 1.29 is 0 Å². The van der Waals surface area contributed by atoms with Gasteiger partial charge in [0.05, 0.1) is 11.2 Å². The third-order valence-electron chi connectivity index (χ3n) is 6.02. The van der Waals surface area contributed by atoms with Gasteiger partial charge < -0.3 is 0 Å². The summed E-state index contributed by atoms with van der Waals surface area (Å²) in [5.74, 6) is 0. The third-order valence-corrected chi connectivity index (χ3v) is 6.74. The van der Waals surface area contributed by atoms with Crippen LogP contribution in [0.1, 0.15) is 0 Å². The molecule has 0 saturated heterocycles. The minimum absolute atomic E-state index is 0.978. The predicted molar refractivity (Wildman–Crippen MR) is 146 cm³/mol. The zero-order chi connectivity index (χ0) is 22.2. The molecule has 6 aromatic rings. The highest BCUT2D eigenvalue weighted by atomic mass is 127. The number of aromatic nitrogens is 2. The summed E-state index contributed by atoms with van der Waals surface area (Å²) in [4.78, 5) is 9.54. The molecule has 156 valence electrons. The van der Waals surface area contributed by atoms with Crippen molar-refractivity contribution in [1.29, 1.82) is 0 Å². The number of hydrogen-bond acceptors (Lipinski definition) is 2. The highest BCUT2D eigenvalue weighted by Gasteiger charge is 2.07. The second kappa shape index (κ2) is 8.41. The van der Waals surface area contributed by atoms with Crippen LogP contribution < -0.4 is 0 Å². The van der Waals surface area contributed by atoms with Crippen molar-refractivity contribution >= 4 is 44.3 Å². The summed E-state index contributed by atoms with van der Waals surface area (Å²) in [6, 6.07) is 36.2. The smallest absolute Gasteiger partial charge is 0.0708 e. The van der Waals surface area contributed by atoms with E-state index < -0.39 is 0 Å². The third kappa shape index (κ3) is 3.89. The molecular weight excluding hydrogens is 515 g/mol. The maximum absolute atomic E-state index is 4.79. The second-order valence-corrected chi connectivity index (χ2v) is 9.34. The van der Waals surface area contributed by atoms with E-state index in [0.717, 1.165) is 33.3 Å². The van der Waals surface area contributed by atoms with Gasteiger partial charge in [-0.05, 0) is 74.8 Å². The second-order valence-electron chi connectivity index (χ2n) is 8.10. The Labute approximate surface area is 206 Å². The van der Waals surface area contributed by atoms with Crippen molar-refractivity contribution in [1.82, 2.24) is 9.97 Å². The molecule has 0 aliphatic rings. The number of fused-ring (bicyclic) bond motifs is 2. The van der Waals surface area contributed by atoms with Crippen LogP contribution in [0.2, 0.25) is 0 Å². The first-order valence-corrected chi connectivity index (χ1v) is 11.9. The molecule has 33 heavy (non-hydrogen) atoms. The molecule has 0 atom stereocenters. The van der Waals surface area contributed by atoms with Crippen molar-refractivity contribution in [3.63, 3.8) is 0 Å². The summed E-state index contributed by atoms with van der Waals surface area (Å²) in [7, 11) is 0. The molecule has 0 bridgehead atoms. The molecule has 6 rings (SSSR count). The Bertz CT molecular complexity index is 1600. The maximum atomic E-state index is 4.79. The lowest BCUT2D eigenvalue weighted by Gasteiger charge is -2.09. The van der Waals surface area contributed by atoms with E-state index in [-0.39, 0.29) is 0 Å². The zero-order valence-electron chi connectivity index (χ0n) is 17.7. The molecule has 0 unspecified atom stereocenters. The normalized spacial score (nSPS) is 11.2. The van der Waals surface area contributed by atoms with Crippen molar-refractivity contribution in [2.24, 2.45) is 0 Å². The quantitative estimate of drug-likeness (QED) is 0.213. The van der Waals surface area contributed by atoms with Gasteiger partial charge in [-0.3, -0.25) is 9.97 Å². The first-order chi connectivity index (χ1) is 16.2. The van der Waals surface area contributed by atoms with Gasteiger partial charge in [-0.2, -0.15) is 0 Å². The van der Waals surface area contributed by atoms with E-state index in [4.69, 9.17) is 9.97 Å². The van der Waals surface area contributed by atoms with Gasteiger partial charge >= 0.3 is 0 Å². The van der Waals surface area contributed by atoms with Crippen LogP contribution in [0.25, 0.3) is 55.2 Å². The monoisotopic (exact) mass is 534 g/mol. The Morgan fingerprint density at radius 2 is 1.27 bits per heavy atom. The summed E-state index contributed by atoms with van der Waals surface area (Å²) in [5, 5.41) is 3.57. The molecule has 0 fully saturated rings. The molecule has 0 saturated carbocycles. The lowest BCUT2D eigenvalue weighted by molar-refractivity contribution is 1.32. The van der Waals surface area contributed by atoms with Gasteiger partial charge in [-0.15, -0.1) is 0 Å². The maximum Gasteiger partial charge on any atom is 0.0708 e. The summed E-state index contributed by atoms with van der Waals surface area (Å²) in [6.45, 7) is 0. The number of nitrogens with zero attached hydrogens (tertiary/aromatic N) is 2. The van der Waals surface area contributed by atoms with Gasteiger partial charge in [0.1, 0.15) is 0 Å². The SMILES string of the molecule is Ic1ccc(-c2ccc3cc(-c4ccc(-c5cccc6ccccc56)nc4)cnc3c2)cc1. The molecule has 2 nitrogen and oxygen atoms in total. The van der Waals surface area contributed by atoms with Crippen molar-refractivity contribution in [3.05, 3.63) is 119 Å². The standard InChI is InChI=1S/C30H19IN2/c31-26-13-10-20(11-14-26)22-8-9-23-16-25(19-33-30(23)17-22)24-12-15-29(32-18-24)28-7-3-5-21-4-1-2-6-27(21)28/h1-19H. The number of benzene rings is 4. The topological polar surface area (TPSA) is 25.8 Å². The lowest BCUT2D eigenvalue weighted by atomic mass is 10.00. The summed E-state index contributed by atoms with van der Waals surface area (Å²) < 4.78 is 1.24. The van der Waals surface area contributed by atoms with Crippen LogP contribution in [0.4, 0.5) is 0 Å². The van der Waals surface area contributed by atoms with Crippen LogP contribution in [0, 0.1) is 3.57 Å². The Hall–Kier alpha value is -3.57. The molecule has 2 aromatic heterocycles. The van der Waals surface area contributed by atoms with Crippen LogP contribution in [-0.2, 0) is 0 Å². The van der Waals surface area contributed by atoms with Crippen LogP contribution in [0.5, 0.6) is 0 Å². The zero-order valence-corrected chi connectivity index (χ0v) is 19.9. The highest BCUT2D eigenvalue weighted by Crippen LogP contribution is 2.30. The average molecular weight is 534 g/mol. The van der Waals surface area contributed by atoms with E-state index in [1.54, 1.807) is 0 Å². The molecule has 4 aromatic carbocycles. The molecule has 0 aliphatic heterocycles. The first kappa shape index (κ1) is 20.1. The van der Waals surface area contributed by atoms with E-state index in [1.807, 2.05) is 12.4 Å². The van der Waals surface area contributed by atoms with E-state index in [1.165, 1.54) is 25.5 Å². The number of rotatable bonds is 3. The molecule has 0 spiro atoms. The molecule has 0 radical (unpaired) electrons. The number of halogens is 1. The summed E-state index contributed by atoms with van der Waals surface area (Å²) in [6.07, 6.45) is 3.88. The largest absolute Gasteiger partial charge is 0.256 e. The lowest BCUT2D eigenvalue weighted by Crippen LogP contribution is -1.88. The minimum Gasteiger partial charge on any atom is -0.256 e. The molecule has 2 heterocycles. The van der Waals surface area contributed by atoms with Crippen LogP contribution in [-0.4, -0.2) is 9.97 Å². The molecule has 0 N–H and O–H groups in total. The van der Waals surface area contributed by atoms with Gasteiger partial charge in [0.2, 0.25) is 0 Å². The number of hydrogen-bond donors (Lipinski definition) is 0. The van der Waals surface area contributed by atoms with Crippen molar-refractivity contribution in [2.45, 2.75) is 0 Å². The van der Waals surface area contributed by atoms with E-state index in [0.29, 0.717) is 0 Å². The fourth-order valence-corrected chi connectivity index (χ4v) is 4.63. The van der Waals surface area contributed by atoms with E-state index >= 15 is 0 Å². The van der Waals surface area contributed by atoms with E-state index in [2.05, 4.69) is 126 Å². The summed E-state index contributed by atoms with van der Waals surface area (Å²) >= 11 is 2.33. The Morgan fingerprint density at radius 1 is 0.515 bits per heavy atom. The Morgan fingerprint density at radius 3 is 2.12 bits per heavy atom. The minimum atomic E-state index is 0.978. The van der Waals surface area contributed by atoms with Crippen LogP contribution in [0.3, 0.4) is 0 Å². The Balaban J connectivity index is 1.33. The van der Waals surface area contributed by atoms with E-state index in [9.17, 15) is 0 Å². The van der Waals surface area contributed by atoms with Gasteiger partial charge in [0.15, 0.2) is 0 Å². The van der Waals surface area contributed by atoms with Gasteiger partial charge in [-0.25, -0.2) is 0 Å². The fourth-order valence-electron chi connectivity index (χ4n) is 4.27. The van der Waals surface area contributed by atoms with Gasteiger partial charge in [0, 0.05) is 38.0 Å². The van der Waals surface area contributed by atoms with Crippen molar-refractivity contribution in [2.75, 3.05) is 0 Å². The summed E-state index contributed by atoms with van der Waals surface area (Å²) in [5.41, 5.74) is 7.65. The predicted octanol–water partition coefficient (Wildman–Crippen LogP) is 8.39. The molecule has 3 heteroatoms. The number of pyridine rings is 2. The highest BCUT2D eigenvalue weighted by molar-refractivity contribution is 14.1. The first-order valence-electron chi connectivity index (χ1n) is 10.8. The average Bonchev–Trinajstić information content (AvgIpc) is 2.88. The molecule has 0 amide bonds.